The number of benzene rings is 1. The molecule has 104 valence electrons. The molecule has 2 fully saturated rings. The highest BCUT2D eigenvalue weighted by Crippen LogP contribution is 2.37. The fourth-order valence-electron chi connectivity index (χ4n) is 3.06. The van der Waals surface area contributed by atoms with Crippen LogP contribution in [0.2, 0.25) is 0 Å². The number of nitrogens with one attached hydrogen (secondary N) is 1. The van der Waals surface area contributed by atoms with Gasteiger partial charge in [0.1, 0.15) is 0 Å². The Kier molecular flexibility index (Phi) is 4.88. The maximum Gasteiger partial charge on any atom is 0.0175 e. The lowest BCUT2D eigenvalue weighted by molar-refractivity contribution is 0.290. The first-order chi connectivity index (χ1) is 9.31. The van der Waals surface area contributed by atoms with Gasteiger partial charge in [0.25, 0.3) is 0 Å². The second kappa shape index (κ2) is 6.64. The summed E-state index contributed by atoms with van der Waals surface area (Å²) in [5.41, 5.74) is 1.51. The van der Waals surface area contributed by atoms with E-state index in [-0.39, 0.29) is 0 Å². The zero-order chi connectivity index (χ0) is 13.1. The van der Waals surface area contributed by atoms with Crippen LogP contribution in [0.4, 0.5) is 0 Å². The largest absolute Gasteiger partial charge is 0.313 e. The number of rotatable bonds is 4. The third-order valence-electron chi connectivity index (χ3n) is 4.39. The van der Waals surface area contributed by atoms with Gasteiger partial charge in [-0.2, -0.15) is 11.8 Å². The summed E-state index contributed by atoms with van der Waals surface area (Å²) in [6.07, 6.45) is 6.92. The number of hydrogen-bond acceptors (Lipinski definition) is 2. The predicted molar refractivity (Wildman–Crippen MR) is 88.0 cm³/mol. The van der Waals surface area contributed by atoms with Crippen molar-refractivity contribution in [2.45, 2.75) is 49.3 Å². The van der Waals surface area contributed by atoms with E-state index in [2.05, 4.69) is 57.3 Å². The van der Waals surface area contributed by atoms with E-state index in [4.69, 9.17) is 0 Å². The Morgan fingerprint density at radius 3 is 2.63 bits per heavy atom. The fourth-order valence-corrected chi connectivity index (χ4v) is 4.57. The third kappa shape index (κ3) is 3.77. The molecule has 2 aliphatic rings. The van der Waals surface area contributed by atoms with Gasteiger partial charge >= 0.3 is 0 Å². The number of hydrogen-bond donors (Lipinski definition) is 1. The predicted octanol–water partition coefficient (Wildman–Crippen LogP) is 4.57. The summed E-state index contributed by atoms with van der Waals surface area (Å²) >= 11 is 5.67. The first kappa shape index (κ1) is 14.0. The Balaban J connectivity index is 1.39. The molecule has 1 N–H and O–H groups in total. The van der Waals surface area contributed by atoms with Crippen LogP contribution in [-0.2, 0) is 0 Å². The molecule has 1 saturated heterocycles. The Morgan fingerprint density at radius 2 is 1.95 bits per heavy atom. The van der Waals surface area contributed by atoms with Crippen molar-refractivity contribution in [2.24, 2.45) is 0 Å². The van der Waals surface area contributed by atoms with Crippen LogP contribution in [0.25, 0.3) is 0 Å². The van der Waals surface area contributed by atoms with Crippen molar-refractivity contribution in [3.63, 3.8) is 0 Å². The van der Waals surface area contributed by atoms with Crippen LogP contribution in [0.5, 0.6) is 0 Å². The van der Waals surface area contributed by atoms with Gasteiger partial charge in [0.2, 0.25) is 0 Å². The Bertz CT molecular complexity index is 394. The minimum atomic E-state index is 0.760. The van der Waals surface area contributed by atoms with Gasteiger partial charge in [-0.15, -0.1) is 0 Å². The Labute approximate surface area is 129 Å². The minimum absolute atomic E-state index is 0.760. The molecule has 1 aromatic carbocycles. The molecule has 0 bridgehead atoms. The average molecular weight is 340 g/mol. The van der Waals surface area contributed by atoms with Crippen LogP contribution >= 0.6 is 27.7 Å². The van der Waals surface area contributed by atoms with Gasteiger partial charge in [-0.05, 0) is 55.1 Å². The van der Waals surface area contributed by atoms with Gasteiger partial charge in [-0.1, -0.05) is 34.5 Å². The molecule has 1 atom stereocenters. The highest BCUT2D eigenvalue weighted by atomic mass is 79.9. The van der Waals surface area contributed by atoms with Crippen LogP contribution in [-0.4, -0.2) is 23.6 Å². The first-order valence-corrected chi connectivity index (χ1v) is 9.26. The maximum absolute atomic E-state index is 3.77. The van der Waals surface area contributed by atoms with Crippen molar-refractivity contribution in [1.82, 2.24) is 5.32 Å². The molecule has 1 heterocycles. The van der Waals surface area contributed by atoms with Crippen molar-refractivity contribution in [3.8, 4) is 0 Å². The van der Waals surface area contributed by atoms with Gasteiger partial charge in [0.05, 0.1) is 0 Å². The molecule has 0 radical (unpaired) electrons. The molecule has 0 spiro atoms. The number of thioether (sulfide) groups is 1. The van der Waals surface area contributed by atoms with E-state index in [1.54, 1.807) is 0 Å². The normalized spacial score (nSPS) is 30.9. The summed E-state index contributed by atoms with van der Waals surface area (Å²) in [6, 6.07) is 9.61. The van der Waals surface area contributed by atoms with E-state index < -0.39 is 0 Å². The Morgan fingerprint density at radius 1 is 1.16 bits per heavy atom. The smallest absolute Gasteiger partial charge is 0.0175 e. The summed E-state index contributed by atoms with van der Waals surface area (Å²) in [5, 5.41) is 4.65. The highest BCUT2D eigenvalue weighted by molar-refractivity contribution is 9.10. The molecule has 0 amide bonds. The Hall–Kier alpha value is 0.01000. The number of halogens is 1. The lowest BCUT2D eigenvalue weighted by Gasteiger charge is -2.37. The van der Waals surface area contributed by atoms with Gasteiger partial charge in [0.15, 0.2) is 0 Å². The van der Waals surface area contributed by atoms with Crippen molar-refractivity contribution in [3.05, 3.63) is 34.3 Å². The molecule has 1 saturated carbocycles. The summed E-state index contributed by atoms with van der Waals surface area (Å²) < 4.78 is 1.18. The van der Waals surface area contributed by atoms with Crippen LogP contribution < -0.4 is 5.32 Å². The standard InChI is InChI=1S/C16H22BrNS/c17-14-6-4-12(5-7-14)13-9-15(10-13)18-11-16-3-1-2-8-19-16/h4-7,13,15-16,18H,1-3,8-11H2. The average Bonchev–Trinajstić information content (AvgIpc) is 2.40. The molecule has 0 aromatic heterocycles. The minimum Gasteiger partial charge on any atom is -0.313 e. The van der Waals surface area contributed by atoms with Crippen molar-refractivity contribution >= 4 is 27.7 Å². The molecule has 1 nitrogen and oxygen atoms in total. The molecule has 1 aliphatic carbocycles. The molecule has 1 aliphatic heterocycles. The van der Waals surface area contributed by atoms with Crippen molar-refractivity contribution in [1.29, 1.82) is 0 Å². The summed E-state index contributed by atoms with van der Waals surface area (Å²) in [5.74, 6) is 2.16. The van der Waals surface area contributed by atoms with Crippen LogP contribution in [0, 0.1) is 0 Å². The maximum atomic E-state index is 3.77. The SMILES string of the molecule is Brc1ccc(C2CC(NCC3CCCCS3)C2)cc1. The van der Waals surface area contributed by atoms with Gasteiger partial charge in [-0.25, -0.2) is 0 Å². The second-order valence-corrected chi connectivity index (χ2v) is 8.14. The van der Waals surface area contributed by atoms with Crippen LogP contribution in [0.3, 0.4) is 0 Å². The third-order valence-corrected chi connectivity index (χ3v) is 6.31. The quantitative estimate of drug-likeness (QED) is 0.862. The lowest BCUT2D eigenvalue weighted by Crippen LogP contribution is -2.43. The van der Waals surface area contributed by atoms with Crippen LogP contribution in [0.15, 0.2) is 28.7 Å². The summed E-state index contributed by atoms with van der Waals surface area (Å²) in [6.45, 7) is 1.22. The van der Waals surface area contributed by atoms with E-state index in [0.717, 1.165) is 17.2 Å². The van der Waals surface area contributed by atoms with Gasteiger partial charge in [0, 0.05) is 22.3 Å². The second-order valence-electron chi connectivity index (χ2n) is 5.81. The van der Waals surface area contributed by atoms with E-state index in [1.165, 1.54) is 54.4 Å². The molecule has 3 heteroatoms. The molecule has 1 aromatic rings. The monoisotopic (exact) mass is 339 g/mol. The van der Waals surface area contributed by atoms with Gasteiger partial charge < -0.3 is 5.32 Å². The van der Waals surface area contributed by atoms with Crippen molar-refractivity contribution in [2.75, 3.05) is 12.3 Å². The molecule has 3 rings (SSSR count). The van der Waals surface area contributed by atoms with E-state index in [1.807, 2.05) is 0 Å². The van der Waals surface area contributed by atoms with E-state index in [0.29, 0.717) is 0 Å². The van der Waals surface area contributed by atoms with E-state index in [9.17, 15) is 0 Å². The van der Waals surface area contributed by atoms with Gasteiger partial charge in [-0.3, -0.25) is 0 Å². The highest BCUT2D eigenvalue weighted by Gasteiger charge is 2.30. The van der Waals surface area contributed by atoms with Crippen molar-refractivity contribution < 1.29 is 0 Å². The van der Waals surface area contributed by atoms with E-state index >= 15 is 0 Å². The topological polar surface area (TPSA) is 12.0 Å². The first-order valence-electron chi connectivity index (χ1n) is 7.42. The summed E-state index contributed by atoms with van der Waals surface area (Å²) in [4.78, 5) is 0. The molecule has 19 heavy (non-hydrogen) atoms. The lowest BCUT2D eigenvalue weighted by atomic mass is 9.76. The zero-order valence-corrected chi connectivity index (χ0v) is 13.7. The molecule has 1 unspecified atom stereocenters. The zero-order valence-electron chi connectivity index (χ0n) is 11.3. The summed E-state index contributed by atoms with van der Waals surface area (Å²) in [7, 11) is 0. The molecular weight excluding hydrogens is 318 g/mol. The fraction of sp³-hybridized carbons (Fsp3) is 0.625. The van der Waals surface area contributed by atoms with Crippen LogP contribution in [0.1, 0.15) is 43.6 Å². The molecular formula is C16H22BrNS.